The number of nitrogens with one attached hydrogen (secondary N) is 1. The van der Waals surface area contributed by atoms with Gasteiger partial charge in [-0.05, 0) is 37.0 Å². The number of halogens is 4. The van der Waals surface area contributed by atoms with Gasteiger partial charge in [0.15, 0.2) is 18.6 Å². The first-order valence-electron chi connectivity index (χ1n) is 16.3. The number of anilines is 2. The van der Waals surface area contributed by atoms with Crippen LogP contribution in [0.15, 0.2) is 30.6 Å². The maximum atomic E-state index is 13.9. The normalized spacial score (nSPS) is 21.1. The monoisotopic (exact) mass is 699 g/mol. The van der Waals surface area contributed by atoms with Gasteiger partial charge in [0.05, 0.1) is 66.1 Å². The van der Waals surface area contributed by atoms with Crippen LogP contribution in [0.1, 0.15) is 54.6 Å². The van der Waals surface area contributed by atoms with Crippen LogP contribution >= 0.6 is 0 Å². The van der Waals surface area contributed by atoms with Crippen LogP contribution in [0.4, 0.5) is 29.1 Å². The molecule has 5 N–H and O–H groups in total. The third-order valence-corrected chi connectivity index (χ3v) is 9.76. The molecule has 3 aromatic rings. The van der Waals surface area contributed by atoms with E-state index in [1.54, 1.807) is 18.2 Å². The number of primary amides is 1. The number of fused-ring (bicyclic) bond motifs is 1. The first kappa shape index (κ1) is 35.1. The summed E-state index contributed by atoms with van der Waals surface area (Å²) < 4.78 is 66.3. The van der Waals surface area contributed by atoms with E-state index in [4.69, 9.17) is 20.6 Å². The van der Waals surface area contributed by atoms with Crippen LogP contribution in [0, 0.1) is 17.7 Å². The summed E-state index contributed by atoms with van der Waals surface area (Å²) >= 11 is 0. The zero-order valence-corrected chi connectivity index (χ0v) is 27.9. The van der Waals surface area contributed by atoms with E-state index in [2.05, 4.69) is 39.0 Å². The second kappa shape index (κ2) is 13.5. The fraction of sp³-hybridized carbons (Fsp3) is 0.471. The molecule has 0 bridgehead atoms. The number of hydrogen-bond donors (Lipinski definition) is 3. The highest BCUT2D eigenvalue weighted by Gasteiger charge is 2.43. The largest absolute Gasteiger partial charge is 0.482 e. The number of likely N-dealkylation sites (tertiary alicyclic amines) is 1. The summed E-state index contributed by atoms with van der Waals surface area (Å²) in [4.78, 5) is 42.3. The molecule has 0 radical (unpaired) electrons. The van der Waals surface area contributed by atoms with Gasteiger partial charge in [-0.25, -0.2) is 19.3 Å². The number of nitrogens with zero attached hydrogens (tertiary/aromatic N) is 5. The molecule has 0 aliphatic carbocycles. The van der Waals surface area contributed by atoms with E-state index in [0.29, 0.717) is 24.5 Å². The molecule has 5 heterocycles. The molecule has 2 amide bonds. The van der Waals surface area contributed by atoms with Gasteiger partial charge in [-0.2, -0.15) is 13.2 Å². The van der Waals surface area contributed by atoms with E-state index in [0.717, 1.165) is 38.8 Å². The molecule has 50 heavy (non-hydrogen) atoms. The van der Waals surface area contributed by atoms with Crippen LogP contribution in [0.25, 0.3) is 11.1 Å². The Hall–Kier alpha value is -4.70. The van der Waals surface area contributed by atoms with Crippen LogP contribution in [-0.2, 0) is 22.5 Å². The van der Waals surface area contributed by atoms with Gasteiger partial charge in [0, 0.05) is 31.1 Å². The predicted octanol–water partition coefficient (Wildman–Crippen LogP) is 2.53. The highest BCUT2D eigenvalue weighted by atomic mass is 19.4. The number of ether oxygens (including phenoxy) is 2. The number of amides is 2. The summed E-state index contributed by atoms with van der Waals surface area (Å²) in [5.41, 5.74) is 6.69. The van der Waals surface area contributed by atoms with Crippen molar-refractivity contribution in [3.63, 3.8) is 0 Å². The lowest BCUT2D eigenvalue weighted by molar-refractivity contribution is -0.169. The highest BCUT2D eigenvalue weighted by Crippen LogP contribution is 2.41. The van der Waals surface area contributed by atoms with Gasteiger partial charge in [0.2, 0.25) is 0 Å². The maximum Gasteiger partial charge on any atom is 0.391 e. The molecule has 1 aromatic carbocycles. The van der Waals surface area contributed by atoms with Gasteiger partial charge in [-0.3, -0.25) is 24.8 Å². The molecule has 3 aliphatic heterocycles. The predicted molar refractivity (Wildman–Crippen MR) is 175 cm³/mol. The summed E-state index contributed by atoms with van der Waals surface area (Å²) in [6, 6.07) is 4.63. The zero-order chi connectivity index (χ0) is 36.0. The van der Waals surface area contributed by atoms with Gasteiger partial charge < -0.3 is 20.5 Å². The lowest BCUT2D eigenvalue weighted by Crippen LogP contribution is -2.64. The average Bonchev–Trinajstić information content (AvgIpc) is 3.05. The molecule has 0 saturated carbocycles. The zero-order valence-electron chi connectivity index (χ0n) is 27.9. The van der Waals surface area contributed by atoms with Gasteiger partial charge in [0.1, 0.15) is 17.4 Å². The Balaban J connectivity index is 1.42. The van der Waals surface area contributed by atoms with Crippen molar-refractivity contribution in [3.8, 4) is 16.9 Å². The molecule has 2 saturated heterocycles. The molecule has 16 heteroatoms. The van der Waals surface area contributed by atoms with Crippen molar-refractivity contribution in [1.82, 2.24) is 19.9 Å². The quantitative estimate of drug-likeness (QED) is 0.213. The molecular weight excluding hydrogens is 660 g/mol. The van der Waals surface area contributed by atoms with E-state index in [1.807, 2.05) is 0 Å². The Morgan fingerprint density at radius 2 is 1.98 bits per heavy atom. The fourth-order valence-corrected chi connectivity index (χ4v) is 6.74. The first-order valence-corrected chi connectivity index (χ1v) is 16.3. The molecule has 2 fully saturated rings. The van der Waals surface area contributed by atoms with Crippen molar-refractivity contribution in [2.45, 2.75) is 57.9 Å². The first-order chi connectivity index (χ1) is 23.7. The molecular formula is C34H39F4N8O4+. The van der Waals surface area contributed by atoms with Crippen LogP contribution in [-0.4, -0.2) is 88.5 Å². The Kier molecular flexibility index (Phi) is 9.52. The van der Waals surface area contributed by atoms with Gasteiger partial charge in [-0.1, -0.05) is 19.9 Å². The average molecular weight is 700 g/mol. The van der Waals surface area contributed by atoms with E-state index >= 15 is 0 Å². The standard InChI is InChI=1S/C34H38F4N8O4/c1-18-13-45(33(3)16-49-17-33)7-6-23(18)43-32-22(10-39)29(30(31(40)48)24(44-32)8-19(2)34(36,37)38)20-4-5-25-26(9-20)50-15-28(47)46(25)14-27-41-11-21(35)12-42-27/h4-5,9-12,18-19,23,39H,6-8,13-17H2,1-3H3,(H2,40,48)(H,43,44)/p+1/t18-,19?,23-/m1/s1. The Morgan fingerprint density at radius 3 is 2.58 bits per heavy atom. The summed E-state index contributed by atoms with van der Waals surface area (Å²) in [5, 5.41) is 9.67. The topological polar surface area (TPSA) is 161 Å². The van der Waals surface area contributed by atoms with Crippen molar-refractivity contribution in [3.05, 3.63) is 59.1 Å². The minimum absolute atomic E-state index is 0.0361. The van der Waals surface area contributed by atoms with Crippen molar-refractivity contribution in [1.29, 1.82) is 0 Å². The number of rotatable bonds is 10. The van der Waals surface area contributed by atoms with Crippen LogP contribution in [0.5, 0.6) is 5.75 Å². The smallest absolute Gasteiger partial charge is 0.391 e. The van der Waals surface area contributed by atoms with E-state index in [-0.39, 0.29) is 70.4 Å². The molecule has 3 aliphatic rings. The number of hydrogen-bond acceptors (Lipinski definition) is 9. The molecule has 2 aromatic heterocycles. The van der Waals surface area contributed by atoms with Gasteiger partial charge in [0.25, 0.3) is 11.8 Å². The number of benzene rings is 1. The second-order valence-corrected chi connectivity index (χ2v) is 13.5. The number of carbonyl (C=O) groups excluding carboxylic acids is 2. The van der Waals surface area contributed by atoms with E-state index < -0.39 is 36.1 Å². The van der Waals surface area contributed by atoms with Crippen molar-refractivity contribution >= 4 is 29.5 Å². The molecule has 0 spiro atoms. The Morgan fingerprint density at radius 1 is 1.26 bits per heavy atom. The Labute approximate surface area is 285 Å². The van der Waals surface area contributed by atoms with E-state index in [1.165, 1.54) is 11.1 Å². The van der Waals surface area contributed by atoms with Crippen molar-refractivity contribution < 1.29 is 42.0 Å². The number of aromatic nitrogens is 3. The number of carbonyl (C=O) groups is 2. The summed E-state index contributed by atoms with van der Waals surface area (Å²) in [6.07, 6.45) is -1.21. The minimum Gasteiger partial charge on any atom is -0.482 e. The third kappa shape index (κ3) is 6.86. The fourth-order valence-electron chi connectivity index (χ4n) is 6.74. The molecule has 1 unspecified atom stereocenters. The van der Waals surface area contributed by atoms with Gasteiger partial charge >= 0.3 is 6.18 Å². The number of nitrogens with two attached hydrogens (primary N) is 2. The lowest BCUT2D eigenvalue weighted by atomic mass is 9.87. The van der Waals surface area contributed by atoms with Crippen LogP contribution < -0.4 is 26.1 Å². The summed E-state index contributed by atoms with van der Waals surface area (Å²) in [5.74, 6) is -3.06. The highest BCUT2D eigenvalue weighted by molar-refractivity contribution is 6.08. The summed E-state index contributed by atoms with van der Waals surface area (Å²) in [7, 11) is 0. The molecule has 6 rings (SSSR count). The lowest BCUT2D eigenvalue weighted by Gasteiger charge is -2.51. The van der Waals surface area contributed by atoms with E-state index in [9.17, 15) is 27.2 Å². The number of piperidine rings is 1. The molecule has 12 nitrogen and oxygen atoms in total. The maximum absolute atomic E-state index is 13.9. The SMILES string of the molecule is CC(Cc1nc(N[C@@H]2CCN(C3(C)COC3)C[C@H]2C)c(C=[NH2+])c(-c2ccc3c(c2)OCC(=O)N3Cc2ncc(F)cn2)c1C(N)=O)C(F)(F)F. The third-order valence-electron chi connectivity index (χ3n) is 9.76. The number of alkyl halides is 3. The van der Waals surface area contributed by atoms with Crippen molar-refractivity contribution in [2.75, 3.05) is 43.1 Å². The van der Waals surface area contributed by atoms with Crippen LogP contribution in [0.2, 0.25) is 0 Å². The summed E-state index contributed by atoms with van der Waals surface area (Å²) in [6.45, 7) is 7.71. The Bertz CT molecular complexity index is 1800. The second-order valence-electron chi connectivity index (χ2n) is 13.5. The molecule has 3 atom stereocenters. The number of pyridine rings is 1. The van der Waals surface area contributed by atoms with Crippen LogP contribution in [0.3, 0.4) is 0 Å². The minimum atomic E-state index is -4.56. The molecule has 266 valence electrons. The van der Waals surface area contributed by atoms with Gasteiger partial charge in [-0.15, -0.1) is 0 Å². The van der Waals surface area contributed by atoms with Crippen molar-refractivity contribution in [2.24, 2.45) is 17.6 Å².